The van der Waals surface area contributed by atoms with Crippen molar-refractivity contribution in [3.05, 3.63) is 42.0 Å². The number of phenols is 1. The van der Waals surface area contributed by atoms with E-state index in [4.69, 9.17) is 4.65 Å². The van der Waals surface area contributed by atoms with Crippen LogP contribution < -0.4 is 15.5 Å². The molecule has 0 saturated heterocycles. The van der Waals surface area contributed by atoms with Crippen LogP contribution >= 0.6 is 0 Å². The second-order valence-corrected chi connectivity index (χ2v) is 7.19. The maximum absolute atomic E-state index is 12.7. The largest absolute Gasteiger partial charge is 0.508 e. The summed E-state index contributed by atoms with van der Waals surface area (Å²) < 4.78 is 32.8. The predicted molar refractivity (Wildman–Crippen MR) is 92.1 cm³/mol. The van der Waals surface area contributed by atoms with Crippen molar-refractivity contribution in [1.29, 1.82) is 0 Å². The van der Waals surface area contributed by atoms with Gasteiger partial charge in [0.05, 0.1) is 12.3 Å². The molecule has 1 amide bonds. The van der Waals surface area contributed by atoms with Gasteiger partial charge in [0.2, 0.25) is 5.91 Å². The van der Waals surface area contributed by atoms with Gasteiger partial charge in [0.1, 0.15) is 10.6 Å². The lowest BCUT2D eigenvalue weighted by atomic mass is 9.79. The molecule has 0 saturated carbocycles. The first-order valence-corrected chi connectivity index (χ1v) is 8.80. The Morgan fingerprint density at radius 3 is 2.72 bits per heavy atom. The molecule has 1 aliphatic heterocycles. The third-order valence-electron chi connectivity index (χ3n) is 3.62. The number of carbonyl (C=O) groups excluding carboxylic acids is 1. The van der Waals surface area contributed by atoms with Gasteiger partial charge in [0.25, 0.3) is 10.0 Å². The van der Waals surface area contributed by atoms with Crippen molar-refractivity contribution >= 4 is 39.9 Å². The van der Waals surface area contributed by atoms with E-state index >= 15 is 0 Å². The molecule has 0 radical (unpaired) electrons. The van der Waals surface area contributed by atoms with Gasteiger partial charge in [-0.05, 0) is 35.3 Å². The summed E-state index contributed by atoms with van der Waals surface area (Å²) in [6.45, 7) is 1.49. The van der Waals surface area contributed by atoms with E-state index in [0.717, 1.165) is 11.6 Å². The Hall–Kier alpha value is -2.56. The minimum Gasteiger partial charge on any atom is -0.508 e. The van der Waals surface area contributed by atoms with E-state index in [9.17, 15) is 23.3 Å². The van der Waals surface area contributed by atoms with Crippen molar-refractivity contribution < 1.29 is 28.0 Å². The molecule has 130 valence electrons. The van der Waals surface area contributed by atoms with Gasteiger partial charge in [-0.25, -0.2) is 8.42 Å². The maximum atomic E-state index is 12.7. The van der Waals surface area contributed by atoms with Crippen molar-refractivity contribution in [3.8, 4) is 5.75 Å². The lowest BCUT2D eigenvalue weighted by Crippen LogP contribution is -2.28. The summed E-state index contributed by atoms with van der Waals surface area (Å²) in [6, 6.07) is 8.25. The number of fused-ring (bicyclic) bond motifs is 1. The van der Waals surface area contributed by atoms with Gasteiger partial charge in [-0.1, -0.05) is 6.07 Å². The summed E-state index contributed by atoms with van der Waals surface area (Å²) in [5, 5.41) is 21.6. The van der Waals surface area contributed by atoms with E-state index < -0.39 is 23.0 Å². The van der Waals surface area contributed by atoms with Crippen molar-refractivity contribution in [3.63, 3.8) is 0 Å². The molecule has 0 aromatic heterocycles. The Balaban J connectivity index is 1.95. The number of rotatable bonds is 4. The van der Waals surface area contributed by atoms with Gasteiger partial charge in [0.15, 0.2) is 0 Å². The molecule has 0 unspecified atom stereocenters. The number of hydrogen-bond donors (Lipinski definition) is 4. The number of nitrogens with one attached hydrogen (secondary N) is 2. The fourth-order valence-electron chi connectivity index (χ4n) is 2.53. The first kappa shape index (κ1) is 17.3. The van der Waals surface area contributed by atoms with E-state index in [1.165, 1.54) is 25.1 Å². The maximum Gasteiger partial charge on any atom is 0.491 e. The molecule has 0 bridgehead atoms. The van der Waals surface area contributed by atoms with Gasteiger partial charge in [-0.2, -0.15) is 0 Å². The second-order valence-electron chi connectivity index (χ2n) is 5.54. The molecule has 2 aromatic carbocycles. The first-order valence-electron chi connectivity index (χ1n) is 7.32. The van der Waals surface area contributed by atoms with E-state index in [0.29, 0.717) is 5.46 Å². The summed E-state index contributed by atoms with van der Waals surface area (Å²) in [7, 11) is -5.13. The third kappa shape index (κ3) is 3.60. The smallest absolute Gasteiger partial charge is 0.491 e. The van der Waals surface area contributed by atoms with E-state index in [1.807, 2.05) is 0 Å². The molecular weight excluding hydrogens is 347 g/mol. The molecule has 1 heterocycles. The fourth-order valence-corrected chi connectivity index (χ4v) is 3.72. The Morgan fingerprint density at radius 1 is 1.24 bits per heavy atom. The summed E-state index contributed by atoms with van der Waals surface area (Å²) in [5.41, 5.74) is 1.47. The van der Waals surface area contributed by atoms with E-state index in [2.05, 4.69) is 10.0 Å². The molecule has 25 heavy (non-hydrogen) atoms. The van der Waals surface area contributed by atoms with Crippen LogP contribution in [0.3, 0.4) is 0 Å². The molecule has 2 aromatic rings. The Morgan fingerprint density at radius 2 is 2.00 bits per heavy atom. The number of anilines is 2. The van der Waals surface area contributed by atoms with Crippen molar-refractivity contribution in [2.75, 3.05) is 10.0 Å². The van der Waals surface area contributed by atoms with Crippen LogP contribution in [0.2, 0.25) is 0 Å². The molecule has 0 aliphatic carbocycles. The number of benzene rings is 2. The minimum atomic E-state index is -4.04. The highest BCUT2D eigenvalue weighted by atomic mass is 32.2. The minimum absolute atomic E-state index is 0.0375. The number of amides is 1. The monoisotopic (exact) mass is 362 g/mol. The van der Waals surface area contributed by atoms with Gasteiger partial charge < -0.3 is 20.1 Å². The van der Waals surface area contributed by atoms with Gasteiger partial charge in [-0.3, -0.25) is 9.52 Å². The Labute approximate surface area is 144 Å². The Bertz CT molecular complexity index is 947. The van der Waals surface area contributed by atoms with Crippen molar-refractivity contribution in [2.24, 2.45) is 0 Å². The van der Waals surface area contributed by atoms with Gasteiger partial charge >= 0.3 is 7.12 Å². The SMILES string of the molecule is CC(=O)Nc1cc(O)ccc1S(=O)(=O)Nc1ccc2c(c1)B(O)OC2. The topological polar surface area (TPSA) is 125 Å². The number of aromatic hydroxyl groups is 1. The lowest BCUT2D eigenvalue weighted by Gasteiger charge is -2.13. The van der Waals surface area contributed by atoms with Crippen LogP contribution in [0.1, 0.15) is 12.5 Å². The van der Waals surface area contributed by atoms with Crippen LogP contribution in [-0.2, 0) is 26.1 Å². The summed E-state index contributed by atoms with van der Waals surface area (Å²) in [6.07, 6.45) is 0. The van der Waals surface area contributed by atoms with Crippen LogP contribution in [0.4, 0.5) is 11.4 Å². The molecule has 1 aliphatic rings. The fraction of sp³-hybridized carbons (Fsp3) is 0.133. The van der Waals surface area contributed by atoms with Crippen LogP contribution in [0, 0.1) is 0 Å². The van der Waals surface area contributed by atoms with E-state index in [-0.39, 0.29) is 28.6 Å². The summed E-state index contributed by atoms with van der Waals surface area (Å²) in [5.74, 6) is -0.652. The zero-order valence-electron chi connectivity index (χ0n) is 13.2. The average molecular weight is 362 g/mol. The highest BCUT2D eigenvalue weighted by Gasteiger charge is 2.28. The third-order valence-corrected chi connectivity index (χ3v) is 5.06. The molecule has 4 N–H and O–H groups in total. The molecule has 0 fully saturated rings. The van der Waals surface area contributed by atoms with Crippen molar-refractivity contribution in [1.82, 2.24) is 0 Å². The highest BCUT2D eigenvalue weighted by Crippen LogP contribution is 2.28. The lowest BCUT2D eigenvalue weighted by molar-refractivity contribution is -0.114. The average Bonchev–Trinajstić information content (AvgIpc) is 2.87. The molecule has 0 spiro atoms. The van der Waals surface area contributed by atoms with Crippen LogP contribution in [0.5, 0.6) is 5.75 Å². The Kier molecular flexibility index (Phi) is 4.42. The van der Waals surface area contributed by atoms with Gasteiger partial charge in [0, 0.05) is 18.7 Å². The zero-order valence-corrected chi connectivity index (χ0v) is 14.0. The number of carbonyl (C=O) groups is 1. The van der Waals surface area contributed by atoms with Gasteiger partial charge in [-0.15, -0.1) is 0 Å². The van der Waals surface area contributed by atoms with Crippen molar-refractivity contribution in [2.45, 2.75) is 18.4 Å². The molecule has 3 rings (SSSR count). The quantitative estimate of drug-likeness (QED) is 0.583. The molecule has 0 atom stereocenters. The summed E-state index contributed by atoms with van der Waals surface area (Å²) >= 11 is 0. The first-order chi connectivity index (χ1) is 11.8. The standard InChI is InChI=1S/C15H15BN2O6S/c1-9(19)17-14-7-12(20)4-5-15(14)25(22,23)18-11-3-2-10-8-24-16(21)13(10)6-11/h2-7,18,20-21H,8H2,1H3,(H,17,19). The highest BCUT2D eigenvalue weighted by molar-refractivity contribution is 7.92. The number of phenolic OH excluding ortho intramolecular Hbond substituents is 1. The van der Waals surface area contributed by atoms with Crippen LogP contribution in [0.15, 0.2) is 41.3 Å². The van der Waals surface area contributed by atoms with E-state index in [1.54, 1.807) is 12.1 Å². The van der Waals surface area contributed by atoms with Crippen LogP contribution in [-0.4, -0.2) is 31.6 Å². The predicted octanol–water partition coefficient (Wildman–Crippen LogP) is 0.369. The molecular formula is C15H15BN2O6S. The zero-order chi connectivity index (χ0) is 18.2. The summed E-state index contributed by atoms with van der Waals surface area (Å²) in [4.78, 5) is 11.1. The number of hydrogen-bond acceptors (Lipinski definition) is 6. The number of sulfonamides is 1. The molecule has 10 heteroatoms. The molecule has 8 nitrogen and oxygen atoms in total. The van der Waals surface area contributed by atoms with Crippen LogP contribution in [0.25, 0.3) is 0 Å². The second kappa shape index (κ2) is 6.39. The normalized spacial score (nSPS) is 13.4.